The summed E-state index contributed by atoms with van der Waals surface area (Å²) in [7, 11) is 2.36. The predicted molar refractivity (Wildman–Crippen MR) is 153 cm³/mol. The SMILES string of the molecule is COc1cc(-c2oc3cc(OC4OC(CO)C(O)C(O)C4O)c(OC)c(O)c3c(=O)c2OC2OC(CO)C(O)C(O)C2O)ccc1O. The zero-order chi connectivity index (χ0) is 34.3. The first kappa shape index (κ1) is 34.4. The van der Waals surface area contributed by atoms with Crippen LogP contribution in [0.4, 0.5) is 0 Å². The first-order chi connectivity index (χ1) is 22.4. The standard InChI is InChI=1S/C29H34O18/c1-41-11-5-9(3-4-10(11)32)25-27(47-29-24(40)22(38)18(34)15(8-31)46-29)20(36)16-12(43-25)6-13(26(42-2)19(16)35)44-28-23(39)21(37)17(33)14(7-30)45-28/h3-6,14-15,17-18,21-24,28-35,37-40H,7-8H2,1-2H3. The van der Waals surface area contributed by atoms with Crippen molar-refractivity contribution >= 4 is 11.0 Å². The van der Waals surface area contributed by atoms with Crippen LogP contribution in [0, 0.1) is 0 Å². The van der Waals surface area contributed by atoms with Gasteiger partial charge in [-0.25, -0.2) is 0 Å². The second kappa shape index (κ2) is 13.6. The van der Waals surface area contributed by atoms with E-state index in [1.54, 1.807) is 0 Å². The average molecular weight is 671 g/mol. The van der Waals surface area contributed by atoms with E-state index in [2.05, 4.69) is 0 Å². The van der Waals surface area contributed by atoms with Crippen molar-refractivity contribution in [3.8, 4) is 45.8 Å². The van der Waals surface area contributed by atoms with Gasteiger partial charge in [0.2, 0.25) is 29.5 Å². The van der Waals surface area contributed by atoms with Crippen molar-refractivity contribution < 1.29 is 83.9 Å². The van der Waals surface area contributed by atoms with Gasteiger partial charge in [-0.3, -0.25) is 4.79 Å². The highest BCUT2D eigenvalue weighted by atomic mass is 16.7. The Hall–Kier alpha value is -3.95. The van der Waals surface area contributed by atoms with Crippen LogP contribution in [0.25, 0.3) is 22.3 Å². The van der Waals surface area contributed by atoms with E-state index in [0.29, 0.717) is 0 Å². The van der Waals surface area contributed by atoms with Gasteiger partial charge in [0.1, 0.15) is 59.8 Å². The molecule has 2 aliphatic heterocycles. The summed E-state index contributed by atoms with van der Waals surface area (Å²) in [5.74, 6) is -3.18. The number of hydrogen-bond donors (Lipinski definition) is 10. The molecule has 0 spiro atoms. The molecule has 2 aliphatic rings. The topological polar surface area (TPSA) is 288 Å². The lowest BCUT2D eigenvalue weighted by Gasteiger charge is -2.39. The van der Waals surface area contributed by atoms with Crippen molar-refractivity contribution in [1.82, 2.24) is 0 Å². The van der Waals surface area contributed by atoms with Crippen molar-refractivity contribution in [2.45, 2.75) is 61.4 Å². The maximum Gasteiger partial charge on any atom is 0.239 e. The van der Waals surface area contributed by atoms with Crippen LogP contribution < -0.4 is 24.4 Å². The highest BCUT2D eigenvalue weighted by molar-refractivity contribution is 5.91. The van der Waals surface area contributed by atoms with E-state index in [9.17, 15) is 55.9 Å². The molecular formula is C29H34O18. The largest absolute Gasteiger partial charge is 0.504 e. The third kappa shape index (κ3) is 6.11. The quantitative estimate of drug-likeness (QED) is 0.110. The Kier molecular flexibility index (Phi) is 9.99. The van der Waals surface area contributed by atoms with E-state index in [0.717, 1.165) is 13.2 Å². The number of ether oxygens (including phenoxy) is 6. The van der Waals surface area contributed by atoms with Crippen molar-refractivity contribution in [3.05, 3.63) is 34.5 Å². The number of rotatable bonds is 9. The summed E-state index contributed by atoms with van der Waals surface area (Å²) in [6.45, 7) is -1.55. The minimum absolute atomic E-state index is 0.0463. The summed E-state index contributed by atoms with van der Waals surface area (Å²) in [5, 5.41) is 102. The van der Waals surface area contributed by atoms with Crippen molar-refractivity contribution in [1.29, 1.82) is 0 Å². The third-order valence-corrected chi connectivity index (χ3v) is 7.86. The van der Waals surface area contributed by atoms with Crippen LogP contribution in [0.1, 0.15) is 0 Å². The third-order valence-electron chi connectivity index (χ3n) is 7.86. The van der Waals surface area contributed by atoms with Crippen LogP contribution in [-0.4, -0.2) is 140 Å². The lowest BCUT2D eigenvalue weighted by Crippen LogP contribution is -2.60. The van der Waals surface area contributed by atoms with Crippen LogP contribution in [0.3, 0.4) is 0 Å². The molecule has 1 aromatic heterocycles. The normalized spacial score (nSPS) is 31.0. The van der Waals surface area contributed by atoms with Crippen molar-refractivity contribution in [3.63, 3.8) is 0 Å². The number of phenolic OH excluding ortho intramolecular Hbond substituents is 2. The number of aliphatic hydroxyl groups is 8. The number of aromatic hydroxyl groups is 2. The van der Waals surface area contributed by atoms with Gasteiger partial charge in [0.15, 0.2) is 28.8 Å². The summed E-state index contributed by atoms with van der Waals surface area (Å²) in [6, 6.07) is 4.83. The number of aliphatic hydroxyl groups excluding tert-OH is 8. The molecule has 10 atom stereocenters. The summed E-state index contributed by atoms with van der Waals surface area (Å²) in [4.78, 5) is 14.1. The first-order valence-electron chi connectivity index (χ1n) is 14.1. The van der Waals surface area contributed by atoms with Crippen LogP contribution in [0.5, 0.6) is 34.5 Å². The second-order valence-corrected chi connectivity index (χ2v) is 10.7. The monoisotopic (exact) mass is 670 g/mol. The van der Waals surface area contributed by atoms with E-state index in [1.807, 2.05) is 0 Å². The van der Waals surface area contributed by atoms with Gasteiger partial charge >= 0.3 is 0 Å². The number of fused-ring (bicyclic) bond motifs is 1. The molecule has 0 saturated carbocycles. The number of methoxy groups -OCH3 is 2. The van der Waals surface area contributed by atoms with Gasteiger partial charge in [-0.15, -0.1) is 0 Å². The smallest absolute Gasteiger partial charge is 0.239 e. The fourth-order valence-corrected chi connectivity index (χ4v) is 5.25. The van der Waals surface area contributed by atoms with Crippen LogP contribution in [0.15, 0.2) is 33.5 Å². The minimum Gasteiger partial charge on any atom is -0.504 e. The van der Waals surface area contributed by atoms with Gasteiger partial charge in [0.25, 0.3) is 0 Å². The molecule has 2 fully saturated rings. The van der Waals surface area contributed by atoms with Crippen molar-refractivity contribution in [2.24, 2.45) is 0 Å². The molecule has 10 N–H and O–H groups in total. The van der Waals surface area contributed by atoms with Gasteiger partial charge < -0.3 is 83.9 Å². The summed E-state index contributed by atoms with van der Waals surface area (Å²) < 4.78 is 38.6. The molecule has 0 aliphatic carbocycles. The molecule has 3 heterocycles. The second-order valence-electron chi connectivity index (χ2n) is 10.7. The highest BCUT2D eigenvalue weighted by Gasteiger charge is 2.47. The van der Waals surface area contributed by atoms with Gasteiger partial charge in [0.05, 0.1) is 27.4 Å². The molecule has 0 amide bonds. The zero-order valence-electron chi connectivity index (χ0n) is 24.7. The maximum absolute atomic E-state index is 14.1. The van der Waals surface area contributed by atoms with Gasteiger partial charge in [-0.1, -0.05) is 0 Å². The predicted octanol–water partition coefficient (Wildman–Crippen LogP) is -2.75. The lowest BCUT2D eigenvalue weighted by molar-refractivity contribution is -0.277. The van der Waals surface area contributed by atoms with E-state index >= 15 is 0 Å². The molecule has 18 heteroatoms. The molecule has 3 aromatic rings. The lowest BCUT2D eigenvalue weighted by atomic mass is 9.99. The summed E-state index contributed by atoms with van der Waals surface area (Å²) >= 11 is 0. The Morgan fingerprint density at radius 3 is 1.81 bits per heavy atom. The average Bonchev–Trinajstić information content (AvgIpc) is 3.06. The van der Waals surface area contributed by atoms with E-state index in [1.165, 1.54) is 25.3 Å². The van der Waals surface area contributed by atoms with Crippen LogP contribution >= 0.6 is 0 Å². The fraction of sp³-hybridized carbons (Fsp3) is 0.483. The Labute approximate surface area is 264 Å². The van der Waals surface area contributed by atoms with Crippen molar-refractivity contribution in [2.75, 3.05) is 27.4 Å². The molecular weight excluding hydrogens is 636 g/mol. The number of phenols is 2. The molecule has 0 radical (unpaired) electrons. The van der Waals surface area contributed by atoms with Gasteiger partial charge in [0, 0.05) is 11.6 Å². The molecule has 2 saturated heterocycles. The fourth-order valence-electron chi connectivity index (χ4n) is 5.25. The highest BCUT2D eigenvalue weighted by Crippen LogP contribution is 2.46. The Morgan fingerprint density at radius 2 is 1.28 bits per heavy atom. The molecule has 0 bridgehead atoms. The molecule has 47 heavy (non-hydrogen) atoms. The molecule has 5 rings (SSSR count). The van der Waals surface area contributed by atoms with E-state index in [4.69, 9.17) is 32.8 Å². The van der Waals surface area contributed by atoms with Gasteiger partial charge in [-0.2, -0.15) is 0 Å². The first-order valence-corrected chi connectivity index (χ1v) is 14.1. The molecule has 2 aromatic carbocycles. The minimum atomic E-state index is -1.94. The van der Waals surface area contributed by atoms with Gasteiger partial charge in [-0.05, 0) is 18.2 Å². The van der Waals surface area contributed by atoms with Crippen LogP contribution in [-0.2, 0) is 9.47 Å². The molecule has 18 nitrogen and oxygen atoms in total. The molecule has 10 unspecified atom stereocenters. The van der Waals surface area contributed by atoms with E-state index < -0.39 is 103 Å². The summed E-state index contributed by atoms with van der Waals surface area (Å²) in [5.41, 5.74) is -1.42. The van der Waals surface area contributed by atoms with Crippen LogP contribution in [0.2, 0.25) is 0 Å². The maximum atomic E-state index is 14.1. The van der Waals surface area contributed by atoms with E-state index in [-0.39, 0.29) is 34.2 Å². The number of benzene rings is 2. The Balaban J connectivity index is 1.68. The molecule has 258 valence electrons. The number of hydrogen-bond acceptors (Lipinski definition) is 18. The zero-order valence-corrected chi connectivity index (χ0v) is 24.7. The Bertz CT molecular complexity index is 1640. The summed E-state index contributed by atoms with van der Waals surface area (Å²) in [6.07, 6.45) is -17.2. The Morgan fingerprint density at radius 1 is 0.702 bits per heavy atom.